The van der Waals surface area contributed by atoms with Gasteiger partial charge >= 0.3 is 6.18 Å². The Morgan fingerprint density at radius 1 is 1.29 bits per heavy atom. The summed E-state index contributed by atoms with van der Waals surface area (Å²) in [5.41, 5.74) is 5.48. The molecule has 78 valence electrons. The van der Waals surface area contributed by atoms with Crippen molar-refractivity contribution in [2.24, 2.45) is 5.73 Å². The predicted molar refractivity (Wildman–Crippen MR) is 44.2 cm³/mol. The number of hydrogen-bond donors (Lipinski definition) is 1. The molecule has 0 aliphatic rings. The molecule has 0 fully saturated rings. The van der Waals surface area contributed by atoms with E-state index in [9.17, 15) is 13.2 Å². The topological polar surface area (TPSA) is 51.8 Å². The molecule has 1 aromatic rings. The number of aromatic nitrogens is 2. The first-order valence-corrected chi connectivity index (χ1v) is 4.08. The SMILES string of the molecule is NC(CCC(F)(F)F)c1ncccn1. The van der Waals surface area contributed by atoms with Gasteiger partial charge in [0.15, 0.2) is 0 Å². The van der Waals surface area contributed by atoms with Crippen LogP contribution in [0.3, 0.4) is 0 Å². The average Bonchev–Trinajstić information content (AvgIpc) is 2.14. The van der Waals surface area contributed by atoms with Crippen molar-refractivity contribution in [3.05, 3.63) is 24.3 Å². The smallest absolute Gasteiger partial charge is 0.321 e. The highest BCUT2D eigenvalue weighted by Gasteiger charge is 2.28. The number of alkyl halides is 3. The van der Waals surface area contributed by atoms with E-state index < -0.39 is 18.6 Å². The van der Waals surface area contributed by atoms with Crippen molar-refractivity contribution in [2.75, 3.05) is 0 Å². The third kappa shape index (κ3) is 3.69. The second-order valence-electron chi connectivity index (χ2n) is 2.87. The highest BCUT2D eigenvalue weighted by molar-refractivity contribution is 4.94. The van der Waals surface area contributed by atoms with Crippen LogP contribution in [-0.2, 0) is 0 Å². The molecule has 0 aliphatic carbocycles. The van der Waals surface area contributed by atoms with Gasteiger partial charge in [0.2, 0.25) is 0 Å². The normalized spacial score (nSPS) is 14.0. The standard InChI is InChI=1S/C8H10F3N3/c9-8(10,11)3-2-6(12)7-13-4-1-5-14-7/h1,4-6H,2-3,12H2. The zero-order chi connectivity index (χ0) is 10.6. The number of rotatable bonds is 3. The summed E-state index contributed by atoms with van der Waals surface area (Å²) in [6, 6.07) is 0.831. The lowest BCUT2D eigenvalue weighted by atomic mass is 10.1. The van der Waals surface area contributed by atoms with Crippen molar-refractivity contribution in [3.63, 3.8) is 0 Å². The molecule has 0 amide bonds. The van der Waals surface area contributed by atoms with Crippen LogP contribution in [0.25, 0.3) is 0 Å². The summed E-state index contributed by atoms with van der Waals surface area (Å²) < 4.78 is 35.5. The van der Waals surface area contributed by atoms with Crippen LogP contribution in [-0.4, -0.2) is 16.1 Å². The molecule has 1 aromatic heterocycles. The Labute approximate surface area is 79.2 Å². The number of hydrogen-bond acceptors (Lipinski definition) is 3. The predicted octanol–water partition coefficient (Wildman–Crippen LogP) is 1.82. The van der Waals surface area contributed by atoms with Gasteiger partial charge in [-0.1, -0.05) is 0 Å². The lowest BCUT2D eigenvalue weighted by molar-refractivity contribution is -0.136. The summed E-state index contributed by atoms with van der Waals surface area (Å²) in [6.45, 7) is 0. The number of halogens is 3. The van der Waals surface area contributed by atoms with E-state index >= 15 is 0 Å². The highest BCUT2D eigenvalue weighted by atomic mass is 19.4. The van der Waals surface area contributed by atoms with Crippen molar-refractivity contribution < 1.29 is 13.2 Å². The van der Waals surface area contributed by atoms with E-state index in [0.717, 1.165) is 0 Å². The minimum Gasteiger partial charge on any atom is -0.321 e. The van der Waals surface area contributed by atoms with Gasteiger partial charge in [-0.2, -0.15) is 13.2 Å². The quantitative estimate of drug-likeness (QED) is 0.818. The largest absolute Gasteiger partial charge is 0.389 e. The Bertz CT molecular complexity index is 273. The van der Waals surface area contributed by atoms with Crippen molar-refractivity contribution >= 4 is 0 Å². The van der Waals surface area contributed by atoms with Crippen LogP contribution in [0.2, 0.25) is 0 Å². The van der Waals surface area contributed by atoms with E-state index in [1.165, 1.54) is 12.4 Å². The molecule has 14 heavy (non-hydrogen) atoms. The van der Waals surface area contributed by atoms with Crippen molar-refractivity contribution in [2.45, 2.75) is 25.1 Å². The average molecular weight is 205 g/mol. The summed E-state index contributed by atoms with van der Waals surface area (Å²) in [6.07, 6.45) is -2.36. The van der Waals surface area contributed by atoms with Crippen LogP contribution in [0.4, 0.5) is 13.2 Å². The molecule has 0 aliphatic heterocycles. The molecule has 0 bridgehead atoms. The van der Waals surface area contributed by atoms with Gasteiger partial charge in [-0.3, -0.25) is 0 Å². The third-order valence-corrected chi connectivity index (χ3v) is 1.66. The summed E-state index contributed by atoms with van der Waals surface area (Å²) in [5.74, 6) is 0.247. The minimum absolute atomic E-state index is 0.187. The van der Waals surface area contributed by atoms with Gasteiger partial charge in [0.1, 0.15) is 5.82 Å². The van der Waals surface area contributed by atoms with Crippen LogP contribution in [0.15, 0.2) is 18.5 Å². The van der Waals surface area contributed by atoms with Gasteiger partial charge < -0.3 is 5.73 Å². The summed E-state index contributed by atoms with van der Waals surface area (Å²) in [5, 5.41) is 0. The lowest BCUT2D eigenvalue weighted by Crippen LogP contribution is -2.17. The van der Waals surface area contributed by atoms with Gasteiger partial charge in [-0.05, 0) is 12.5 Å². The van der Waals surface area contributed by atoms with Crippen molar-refractivity contribution in [1.82, 2.24) is 9.97 Å². The van der Waals surface area contributed by atoms with Gasteiger partial charge in [0.25, 0.3) is 0 Å². The molecule has 1 atom stereocenters. The molecular formula is C8H10F3N3. The maximum absolute atomic E-state index is 11.8. The highest BCUT2D eigenvalue weighted by Crippen LogP contribution is 2.24. The summed E-state index contributed by atoms with van der Waals surface area (Å²) in [4.78, 5) is 7.55. The maximum atomic E-state index is 11.8. The molecule has 6 heteroatoms. The zero-order valence-electron chi connectivity index (χ0n) is 7.33. The van der Waals surface area contributed by atoms with E-state index in [0.29, 0.717) is 0 Å². The molecule has 0 saturated carbocycles. The fourth-order valence-corrected chi connectivity index (χ4v) is 0.950. The summed E-state index contributed by atoms with van der Waals surface area (Å²) >= 11 is 0. The Balaban J connectivity index is 2.48. The van der Waals surface area contributed by atoms with E-state index in [2.05, 4.69) is 9.97 Å². The first kappa shape index (κ1) is 10.9. The second-order valence-corrected chi connectivity index (χ2v) is 2.87. The van der Waals surface area contributed by atoms with Crippen LogP contribution in [0, 0.1) is 0 Å². The number of nitrogens with two attached hydrogens (primary N) is 1. The van der Waals surface area contributed by atoms with E-state index in [1.54, 1.807) is 6.07 Å². The lowest BCUT2D eigenvalue weighted by Gasteiger charge is -2.11. The van der Waals surface area contributed by atoms with Crippen molar-refractivity contribution in [1.29, 1.82) is 0 Å². The Kier molecular flexibility index (Phi) is 3.40. The Hall–Kier alpha value is -1.17. The van der Waals surface area contributed by atoms with Gasteiger partial charge in [0.05, 0.1) is 6.04 Å². The minimum atomic E-state index is -4.17. The molecule has 1 unspecified atom stereocenters. The van der Waals surface area contributed by atoms with E-state index in [-0.39, 0.29) is 12.2 Å². The monoisotopic (exact) mass is 205 g/mol. The van der Waals surface area contributed by atoms with Gasteiger partial charge in [0, 0.05) is 18.8 Å². The van der Waals surface area contributed by atoms with Crippen molar-refractivity contribution in [3.8, 4) is 0 Å². The molecule has 0 saturated heterocycles. The molecule has 1 heterocycles. The second kappa shape index (κ2) is 4.36. The Morgan fingerprint density at radius 3 is 2.36 bits per heavy atom. The number of nitrogens with zero attached hydrogens (tertiary/aromatic N) is 2. The zero-order valence-corrected chi connectivity index (χ0v) is 7.33. The van der Waals surface area contributed by atoms with Gasteiger partial charge in [-0.25, -0.2) is 9.97 Å². The Morgan fingerprint density at radius 2 is 1.86 bits per heavy atom. The van der Waals surface area contributed by atoms with Crippen LogP contribution < -0.4 is 5.73 Å². The summed E-state index contributed by atoms with van der Waals surface area (Å²) in [7, 11) is 0. The first-order valence-electron chi connectivity index (χ1n) is 4.08. The van der Waals surface area contributed by atoms with Crippen LogP contribution >= 0.6 is 0 Å². The molecule has 1 rings (SSSR count). The molecular weight excluding hydrogens is 195 g/mol. The first-order chi connectivity index (χ1) is 6.49. The molecule has 3 nitrogen and oxygen atoms in total. The maximum Gasteiger partial charge on any atom is 0.389 e. The molecule has 0 radical (unpaired) electrons. The van der Waals surface area contributed by atoms with Crippen LogP contribution in [0.5, 0.6) is 0 Å². The van der Waals surface area contributed by atoms with Gasteiger partial charge in [-0.15, -0.1) is 0 Å². The third-order valence-electron chi connectivity index (χ3n) is 1.66. The molecule has 0 aromatic carbocycles. The van der Waals surface area contributed by atoms with E-state index in [1.807, 2.05) is 0 Å². The molecule has 0 spiro atoms. The fraction of sp³-hybridized carbons (Fsp3) is 0.500. The van der Waals surface area contributed by atoms with Crippen LogP contribution in [0.1, 0.15) is 24.7 Å². The fourth-order valence-electron chi connectivity index (χ4n) is 0.950. The molecule has 2 N–H and O–H groups in total. The van der Waals surface area contributed by atoms with E-state index in [4.69, 9.17) is 5.73 Å².